The molecular weight excluding hydrogens is 254 g/mol. The summed E-state index contributed by atoms with van der Waals surface area (Å²) in [5, 5.41) is 13.1. The minimum atomic E-state index is -0.926. The normalized spacial score (nSPS) is 12.5. The molecular formula is C11H13N3O3S. The lowest BCUT2D eigenvalue weighted by atomic mass is 10.2. The molecule has 1 unspecified atom stereocenters. The zero-order chi connectivity index (χ0) is 13.1. The summed E-state index contributed by atoms with van der Waals surface area (Å²) < 4.78 is 1.86. The summed E-state index contributed by atoms with van der Waals surface area (Å²) in [7, 11) is 0. The minimum Gasteiger partial charge on any atom is -0.481 e. The third-order valence-corrected chi connectivity index (χ3v) is 3.14. The van der Waals surface area contributed by atoms with Gasteiger partial charge in [0.25, 0.3) is 0 Å². The Balaban J connectivity index is 1.91. The van der Waals surface area contributed by atoms with Crippen molar-refractivity contribution in [2.75, 3.05) is 0 Å². The highest BCUT2D eigenvalue weighted by Crippen LogP contribution is 2.11. The van der Waals surface area contributed by atoms with E-state index in [1.807, 2.05) is 16.0 Å². The Morgan fingerprint density at radius 1 is 1.61 bits per heavy atom. The Morgan fingerprint density at radius 2 is 2.39 bits per heavy atom. The zero-order valence-corrected chi connectivity index (χ0v) is 10.6. The standard InChI is InChI=1S/C11H13N3O3S/c1-7(4-10(16)17)12-9(15)5-8-6-14-2-3-18-11(14)13-8/h2-3,6-7H,4-5H2,1H3,(H,12,15)(H,16,17). The third kappa shape index (κ3) is 3.07. The lowest BCUT2D eigenvalue weighted by Gasteiger charge is -2.10. The molecule has 2 N–H and O–H groups in total. The fourth-order valence-corrected chi connectivity index (χ4v) is 2.38. The third-order valence-electron chi connectivity index (χ3n) is 2.37. The van der Waals surface area contributed by atoms with E-state index < -0.39 is 5.97 Å². The number of nitrogens with one attached hydrogen (secondary N) is 1. The molecule has 1 amide bonds. The number of thiazole rings is 1. The van der Waals surface area contributed by atoms with E-state index in [1.54, 1.807) is 13.1 Å². The fraction of sp³-hybridized carbons (Fsp3) is 0.364. The number of amides is 1. The molecule has 0 fully saturated rings. The van der Waals surface area contributed by atoms with E-state index in [-0.39, 0.29) is 24.8 Å². The van der Waals surface area contributed by atoms with Crippen molar-refractivity contribution in [2.45, 2.75) is 25.8 Å². The number of fused-ring (bicyclic) bond motifs is 1. The molecule has 0 aliphatic carbocycles. The summed E-state index contributed by atoms with van der Waals surface area (Å²) in [6.45, 7) is 1.66. The van der Waals surface area contributed by atoms with Gasteiger partial charge in [0.15, 0.2) is 4.96 Å². The molecule has 0 aliphatic rings. The van der Waals surface area contributed by atoms with Crippen LogP contribution in [0.5, 0.6) is 0 Å². The molecule has 96 valence electrons. The van der Waals surface area contributed by atoms with Crippen molar-refractivity contribution in [3.63, 3.8) is 0 Å². The van der Waals surface area contributed by atoms with Gasteiger partial charge in [0.1, 0.15) is 0 Å². The van der Waals surface area contributed by atoms with Crippen molar-refractivity contribution in [2.24, 2.45) is 0 Å². The van der Waals surface area contributed by atoms with Crippen molar-refractivity contribution in [3.05, 3.63) is 23.5 Å². The number of carbonyl (C=O) groups is 2. The van der Waals surface area contributed by atoms with Gasteiger partial charge in [0.05, 0.1) is 18.5 Å². The Morgan fingerprint density at radius 3 is 3.06 bits per heavy atom. The van der Waals surface area contributed by atoms with Crippen LogP contribution in [-0.2, 0) is 16.0 Å². The predicted molar refractivity (Wildman–Crippen MR) is 66.6 cm³/mol. The zero-order valence-electron chi connectivity index (χ0n) is 9.79. The van der Waals surface area contributed by atoms with E-state index in [4.69, 9.17) is 5.11 Å². The van der Waals surface area contributed by atoms with Gasteiger partial charge in [-0.2, -0.15) is 0 Å². The fourth-order valence-electron chi connectivity index (χ4n) is 1.66. The first-order valence-corrected chi connectivity index (χ1v) is 6.35. The average molecular weight is 267 g/mol. The number of rotatable bonds is 5. The number of imidazole rings is 1. The van der Waals surface area contributed by atoms with Gasteiger partial charge in [-0.25, -0.2) is 4.98 Å². The molecule has 0 radical (unpaired) electrons. The molecule has 1 atom stereocenters. The number of carbonyl (C=O) groups excluding carboxylic acids is 1. The molecule has 7 heteroatoms. The van der Waals surface area contributed by atoms with E-state index in [1.165, 1.54) is 11.3 Å². The van der Waals surface area contributed by atoms with Crippen LogP contribution in [0.2, 0.25) is 0 Å². The number of nitrogens with zero attached hydrogens (tertiary/aromatic N) is 2. The van der Waals surface area contributed by atoms with Crippen LogP contribution in [0, 0.1) is 0 Å². The van der Waals surface area contributed by atoms with Crippen molar-refractivity contribution in [3.8, 4) is 0 Å². The van der Waals surface area contributed by atoms with E-state index in [2.05, 4.69) is 10.3 Å². The van der Waals surface area contributed by atoms with E-state index >= 15 is 0 Å². The molecule has 0 saturated heterocycles. The monoisotopic (exact) mass is 267 g/mol. The first-order valence-electron chi connectivity index (χ1n) is 5.47. The summed E-state index contributed by atoms with van der Waals surface area (Å²) in [5.41, 5.74) is 0.682. The minimum absolute atomic E-state index is 0.0793. The Hall–Kier alpha value is -1.89. The number of carboxylic acid groups (broad SMARTS) is 1. The van der Waals surface area contributed by atoms with Gasteiger partial charge >= 0.3 is 5.97 Å². The summed E-state index contributed by atoms with van der Waals surface area (Å²) in [6.07, 6.45) is 3.76. The van der Waals surface area contributed by atoms with Gasteiger partial charge in [-0.15, -0.1) is 11.3 Å². The summed E-state index contributed by atoms with van der Waals surface area (Å²) >= 11 is 1.50. The maximum Gasteiger partial charge on any atom is 0.305 e. The van der Waals surface area contributed by atoms with E-state index in [0.717, 1.165) is 4.96 Å². The SMILES string of the molecule is CC(CC(=O)O)NC(=O)Cc1cn2ccsc2n1. The molecule has 2 aromatic heterocycles. The molecule has 2 rings (SSSR count). The second-order valence-electron chi connectivity index (χ2n) is 4.07. The van der Waals surface area contributed by atoms with Crippen molar-refractivity contribution >= 4 is 28.2 Å². The number of aromatic nitrogens is 2. The number of aliphatic carboxylic acids is 1. The van der Waals surface area contributed by atoms with Gasteiger partial charge in [0, 0.05) is 23.8 Å². The number of hydrogen-bond donors (Lipinski definition) is 2. The highest BCUT2D eigenvalue weighted by atomic mass is 32.1. The van der Waals surface area contributed by atoms with Gasteiger partial charge in [-0.1, -0.05) is 0 Å². The molecule has 2 aromatic rings. The van der Waals surface area contributed by atoms with Crippen LogP contribution in [0.4, 0.5) is 0 Å². The van der Waals surface area contributed by atoms with Crippen LogP contribution in [0.1, 0.15) is 19.0 Å². The van der Waals surface area contributed by atoms with Crippen LogP contribution >= 0.6 is 11.3 Å². The van der Waals surface area contributed by atoms with Crippen molar-refractivity contribution in [1.82, 2.24) is 14.7 Å². The maximum absolute atomic E-state index is 11.7. The Labute approximate surface area is 107 Å². The average Bonchev–Trinajstić information content (AvgIpc) is 2.74. The second-order valence-corrected chi connectivity index (χ2v) is 4.94. The molecule has 0 bridgehead atoms. The second kappa shape index (κ2) is 5.18. The maximum atomic E-state index is 11.7. The highest BCUT2D eigenvalue weighted by molar-refractivity contribution is 7.15. The van der Waals surface area contributed by atoms with Crippen LogP contribution in [0.15, 0.2) is 17.8 Å². The highest BCUT2D eigenvalue weighted by Gasteiger charge is 2.13. The smallest absolute Gasteiger partial charge is 0.305 e. The van der Waals surface area contributed by atoms with Gasteiger partial charge in [-0.3, -0.25) is 14.0 Å². The van der Waals surface area contributed by atoms with E-state index in [0.29, 0.717) is 5.69 Å². The van der Waals surface area contributed by atoms with Gasteiger partial charge < -0.3 is 10.4 Å². The molecule has 0 aromatic carbocycles. The molecule has 0 spiro atoms. The van der Waals surface area contributed by atoms with Crippen LogP contribution < -0.4 is 5.32 Å². The van der Waals surface area contributed by atoms with Crippen LogP contribution in [0.25, 0.3) is 4.96 Å². The lowest BCUT2D eigenvalue weighted by Crippen LogP contribution is -2.35. The Kier molecular flexibility index (Phi) is 3.61. The van der Waals surface area contributed by atoms with Crippen molar-refractivity contribution in [1.29, 1.82) is 0 Å². The van der Waals surface area contributed by atoms with Crippen LogP contribution in [0.3, 0.4) is 0 Å². The predicted octanol–water partition coefficient (Wildman–Crippen LogP) is 0.918. The van der Waals surface area contributed by atoms with E-state index in [9.17, 15) is 9.59 Å². The molecule has 18 heavy (non-hydrogen) atoms. The molecule has 0 aliphatic heterocycles. The summed E-state index contributed by atoms with van der Waals surface area (Å²) in [6, 6.07) is -0.376. The number of hydrogen-bond acceptors (Lipinski definition) is 4. The Bertz CT molecular complexity index is 546. The van der Waals surface area contributed by atoms with Crippen molar-refractivity contribution < 1.29 is 14.7 Å². The first-order chi connectivity index (χ1) is 8.54. The summed E-state index contributed by atoms with van der Waals surface area (Å²) in [4.78, 5) is 27.2. The van der Waals surface area contributed by atoms with Gasteiger partial charge in [0.2, 0.25) is 5.91 Å². The van der Waals surface area contributed by atoms with Gasteiger partial charge in [-0.05, 0) is 6.92 Å². The largest absolute Gasteiger partial charge is 0.481 e. The lowest BCUT2D eigenvalue weighted by molar-refractivity contribution is -0.137. The molecule has 0 saturated carbocycles. The molecule has 2 heterocycles. The first kappa shape index (κ1) is 12.6. The topological polar surface area (TPSA) is 83.7 Å². The quantitative estimate of drug-likeness (QED) is 0.843. The number of carboxylic acids is 1. The summed E-state index contributed by atoms with van der Waals surface area (Å²) in [5.74, 6) is -1.14. The molecule has 6 nitrogen and oxygen atoms in total. The van der Waals surface area contributed by atoms with Crippen LogP contribution in [-0.4, -0.2) is 32.4 Å².